The Morgan fingerprint density at radius 3 is 2.80 bits per heavy atom. The Labute approximate surface area is 95.7 Å². The summed E-state index contributed by atoms with van der Waals surface area (Å²) in [5.74, 6) is 3.90. The molecular weight excluding hydrogens is 206 g/mol. The predicted molar refractivity (Wildman–Crippen MR) is 65.4 cm³/mol. The van der Waals surface area contributed by atoms with E-state index in [2.05, 4.69) is 5.32 Å². The summed E-state index contributed by atoms with van der Waals surface area (Å²) in [5, 5.41) is 3.53. The average molecular weight is 229 g/mol. The highest BCUT2D eigenvalue weighted by molar-refractivity contribution is 7.84. The van der Waals surface area contributed by atoms with E-state index in [1.807, 2.05) is 0 Å². The summed E-state index contributed by atoms with van der Waals surface area (Å²) < 4.78 is 10.9. The SMILES string of the molecule is CS(=O)CCCNCC1CC2CCC1C2. The summed E-state index contributed by atoms with van der Waals surface area (Å²) in [4.78, 5) is 0. The first-order chi connectivity index (χ1) is 7.25. The lowest BCUT2D eigenvalue weighted by Crippen LogP contribution is -2.27. The van der Waals surface area contributed by atoms with E-state index in [-0.39, 0.29) is 0 Å². The van der Waals surface area contributed by atoms with Crippen LogP contribution in [0.2, 0.25) is 0 Å². The third-order valence-electron chi connectivity index (χ3n) is 4.08. The van der Waals surface area contributed by atoms with Crippen LogP contribution in [-0.4, -0.2) is 29.3 Å². The molecular formula is C12H23NOS. The first-order valence-corrected chi connectivity index (χ1v) is 7.99. The van der Waals surface area contributed by atoms with Crippen LogP contribution in [0.4, 0.5) is 0 Å². The van der Waals surface area contributed by atoms with Crippen molar-refractivity contribution in [3.63, 3.8) is 0 Å². The van der Waals surface area contributed by atoms with Gasteiger partial charge in [0.15, 0.2) is 0 Å². The highest BCUT2D eigenvalue weighted by Gasteiger charge is 2.38. The molecule has 0 heterocycles. The Morgan fingerprint density at radius 2 is 2.20 bits per heavy atom. The first-order valence-electron chi connectivity index (χ1n) is 6.26. The molecule has 0 saturated heterocycles. The molecule has 2 rings (SSSR count). The Kier molecular flexibility index (Phi) is 4.21. The van der Waals surface area contributed by atoms with Crippen molar-refractivity contribution in [2.24, 2.45) is 17.8 Å². The van der Waals surface area contributed by atoms with E-state index in [4.69, 9.17) is 0 Å². The van der Waals surface area contributed by atoms with Crippen LogP contribution in [0, 0.1) is 17.8 Å². The quantitative estimate of drug-likeness (QED) is 0.704. The lowest BCUT2D eigenvalue weighted by Gasteiger charge is -2.21. The first kappa shape index (κ1) is 11.6. The van der Waals surface area contributed by atoms with Gasteiger partial charge in [-0.25, -0.2) is 0 Å². The fourth-order valence-electron chi connectivity index (χ4n) is 3.31. The molecule has 0 aromatic heterocycles. The highest BCUT2D eigenvalue weighted by Crippen LogP contribution is 2.47. The molecule has 88 valence electrons. The van der Waals surface area contributed by atoms with Crippen molar-refractivity contribution in [2.75, 3.05) is 25.1 Å². The number of nitrogens with one attached hydrogen (secondary N) is 1. The summed E-state index contributed by atoms with van der Waals surface area (Å²) >= 11 is 0. The lowest BCUT2D eigenvalue weighted by molar-refractivity contribution is 0.319. The molecule has 0 aromatic carbocycles. The molecule has 0 aliphatic heterocycles. The van der Waals surface area contributed by atoms with E-state index in [1.165, 1.54) is 32.2 Å². The normalized spacial score (nSPS) is 35.9. The third-order valence-corrected chi connectivity index (χ3v) is 4.94. The number of hydrogen-bond donors (Lipinski definition) is 1. The van der Waals surface area contributed by atoms with Gasteiger partial charge in [-0.2, -0.15) is 0 Å². The molecule has 2 aliphatic rings. The molecule has 15 heavy (non-hydrogen) atoms. The monoisotopic (exact) mass is 229 g/mol. The van der Waals surface area contributed by atoms with Crippen LogP contribution in [0.5, 0.6) is 0 Å². The van der Waals surface area contributed by atoms with Crippen molar-refractivity contribution in [2.45, 2.75) is 32.1 Å². The van der Waals surface area contributed by atoms with Gasteiger partial charge in [-0.3, -0.25) is 4.21 Å². The molecule has 3 heteroatoms. The maximum Gasteiger partial charge on any atom is 0.0244 e. The highest BCUT2D eigenvalue weighted by atomic mass is 32.2. The minimum absolute atomic E-state index is 0.613. The fourth-order valence-corrected chi connectivity index (χ4v) is 3.87. The van der Waals surface area contributed by atoms with Crippen LogP contribution < -0.4 is 5.32 Å². The van der Waals surface area contributed by atoms with Gasteiger partial charge in [0.25, 0.3) is 0 Å². The molecule has 2 nitrogen and oxygen atoms in total. The molecule has 0 spiro atoms. The average Bonchev–Trinajstić information content (AvgIpc) is 2.78. The van der Waals surface area contributed by atoms with Gasteiger partial charge in [0.2, 0.25) is 0 Å². The number of hydrogen-bond acceptors (Lipinski definition) is 2. The summed E-state index contributed by atoms with van der Waals surface area (Å²) in [6.07, 6.45) is 8.80. The van der Waals surface area contributed by atoms with E-state index in [1.54, 1.807) is 6.26 Å². The fraction of sp³-hybridized carbons (Fsp3) is 1.00. The van der Waals surface area contributed by atoms with Crippen molar-refractivity contribution in [1.29, 1.82) is 0 Å². The van der Waals surface area contributed by atoms with E-state index < -0.39 is 10.8 Å². The van der Waals surface area contributed by atoms with Crippen LogP contribution in [-0.2, 0) is 10.8 Å². The smallest absolute Gasteiger partial charge is 0.0244 e. The predicted octanol–water partition coefficient (Wildman–Crippen LogP) is 1.78. The van der Waals surface area contributed by atoms with Crippen molar-refractivity contribution in [1.82, 2.24) is 5.32 Å². The molecule has 2 bridgehead atoms. The standard InChI is InChI=1S/C12H23NOS/c1-15(14)6-2-5-13-9-12-8-10-3-4-11(12)7-10/h10-13H,2-9H2,1H3. The molecule has 4 unspecified atom stereocenters. The molecule has 1 N–H and O–H groups in total. The van der Waals surface area contributed by atoms with Crippen LogP contribution in [0.25, 0.3) is 0 Å². The van der Waals surface area contributed by atoms with Crippen molar-refractivity contribution >= 4 is 10.8 Å². The van der Waals surface area contributed by atoms with Crippen molar-refractivity contribution in [3.8, 4) is 0 Å². The van der Waals surface area contributed by atoms with Gasteiger partial charge >= 0.3 is 0 Å². The maximum absolute atomic E-state index is 10.9. The Hall–Kier alpha value is 0.110. The second kappa shape index (κ2) is 5.44. The summed E-state index contributed by atoms with van der Waals surface area (Å²) in [5.41, 5.74) is 0. The van der Waals surface area contributed by atoms with E-state index >= 15 is 0 Å². The zero-order valence-corrected chi connectivity index (χ0v) is 10.5. The Balaban J connectivity index is 1.53. The van der Waals surface area contributed by atoms with Gasteiger partial charge in [-0.15, -0.1) is 0 Å². The number of fused-ring (bicyclic) bond motifs is 2. The van der Waals surface area contributed by atoms with Crippen molar-refractivity contribution < 1.29 is 4.21 Å². The largest absolute Gasteiger partial charge is 0.316 e. The number of rotatable bonds is 6. The zero-order valence-electron chi connectivity index (χ0n) is 9.71. The minimum Gasteiger partial charge on any atom is -0.316 e. The zero-order chi connectivity index (χ0) is 10.7. The molecule has 2 saturated carbocycles. The van der Waals surface area contributed by atoms with E-state index in [9.17, 15) is 4.21 Å². The van der Waals surface area contributed by atoms with Crippen molar-refractivity contribution in [3.05, 3.63) is 0 Å². The molecule has 2 aliphatic carbocycles. The van der Waals surface area contributed by atoms with Gasteiger partial charge in [0.1, 0.15) is 0 Å². The van der Waals surface area contributed by atoms with Gasteiger partial charge < -0.3 is 5.32 Å². The Morgan fingerprint density at radius 1 is 1.33 bits per heavy atom. The third kappa shape index (κ3) is 3.28. The summed E-state index contributed by atoms with van der Waals surface area (Å²) in [7, 11) is -0.613. The van der Waals surface area contributed by atoms with Gasteiger partial charge in [0, 0.05) is 22.8 Å². The molecule has 0 aromatic rings. The molecule has 2 fully saturated rings. The molecule has 4 atom stereocenters. The van der Waals surface area contributed by atoms with E-state index in [0.29, 0.717) is 0 Å². The molecule has 0 amide bonds. The lowest BCUT2D eigenvalue weighted by atomic mass is 9.89. The van der Waals surface area contributed by atoms with Crippen LogP contribution in [0.1, 0.15) is 32.1 Å². The topological polar surface area (TPSA) is 29.1 Å². The van der Waals surface area contributed by atoms with Gasteiger partial charge in [0.05, 0.1) is 0 Å². The van der Waals surface area contributed by atoms with Crippen LogP contribution in [0.15, 0.2) is 0 Å². The molecule has 0 radical (unpaired) electrons. The second-order valence-corrected chi connectivity index (χ2v) is 6.82. The Bertz CT molecular complexity index is 232. The second-order valence-electron chi connectivity index (χ2n) is 5.27. The van der Waals surface area contributed by atoms with Gasteiger partial charge in [-0.1, -0.05) is 6.42 Å². The summed E-state index contributed by atoms with van der Waals surface area (Å²) in [6, 6.07) is 0. The van der Waals surface area contributed by atoms with Gasteiger partial charge in [-0.05, 0) is 56.5 Å². The van der Waals surface area contributed by atoms with Crippen LogP contribution >= 0.6 is 0 Å². The summed E-state index contributed by atoms with van der Waals surface area (Å²) in [6.45, 7) is 2.25. The minimum atomic E-state index is -0.613. The van der Waals surface area contributed by atoms with Crippen LogP contribution in [0.3, 0.4) is 0 Å². The van der Waals surface area contributed by atoms with E-state index in [0.717, 1.165) is 36.5 Å². The maximum atomic E-state index is 10.9.